The van der Waals surface area contributed by atoms with E-state index in [0.717, 1.165) is 44.1 Å². The lowest BCUT2D eigenvalue weighted by Gasteiger charge is -2.32. The average molecular weight is 382 g/mol. The summed E-state index contributed by atoms with van der Waals surface area (Å²) >= 11 is 0. The summed E-state index contributed by atoms with van der Waals surface area (Å²) in [5.41, 5.74) is 5.63. The molecular formula is C23H31N3O2. The van der Waals surface area contributed by atoms with Crippen LogP contribution >= 0.6 is 0 Å². The molecule has 5 nitrogen and oxygen atoms in total. The fourth-order valence-electron chi connectivity index (χ4n) is 3.55. The van der Waals surface area contributed by atoms with Crippen LogP contribution in [0.25, 0.3) is 0 Å². The molecule has 0 spiro atoms. The van der Waals surface area contributed by atoms with Gasteiger partial charge in [0.05, 0.1) is 19.3 Å². The van der Waals surface area contributed by atoms with Crippen LogP contribution in [0.5, 0.6) is 0 Å². The molecule has 2 aromatic carbocycles. The monoisotopic (exact) mass is 381 g/mol. The maximum atomic E-state index is 12.8. The normalized spacial score (nSPS) is 15.5. The number of anilines is 2. The molecule has 1 fully saturated rings. The minimum atomic E-state index is -0.238. The Hall–Kier alpha value is -2.37. The number of hydrogen-bond donors (Lipinski definition) is 1. The van der Waals surface area contributed by atoms with Crippen LogP contribution in [0.4, 0.5) is 11.4 Å². The first-order chi connectivity index (χ1) is 13.5. The molecule has 0 unspecified atom stereocenters. The lowest BCUT2D eigenvalue weighted by molar-refractivity contribution is -0.120. The Morgan fingerprint density at radius 1 is 1.18 bits per heavy atom. The smallest absolute Gasteiger partial charge is 0.241 e. The second kappa shape index (κ2) is 9.22. The van der Waals surface area contributed by atoms with Crippen molar-refractivity contribution < 1.29 is 9.53 Å². The number of para-hydroxylation sites is 1. The van der Waals surface area contributed by atoms with E-state index in [1.807, 2.05) is 33.0 Å². The Bertz CT molecular complexity index is 815. The van der Waals surface area contributed by atoms with Crippen LogP contribution in [0.1, 0.15) is 23.6 Å². The molecule has 1 amide bonds. The van der Waals surface area contributed by atoms with Gasteiger partial charge < -0.3 is 15.0 Å². The molecule has 0 aromatic heterocycles. The van der Waals surface area contributed by atoms with Gasteiger partial charge in [-0.1, -0.05) is 35.9 Å². The number of morpholine rings is 1. The maximum Gasteiger partial charge on any atom is 0.241 e. The first-order valence-corrected chi connectivity index (χ1v) is 9.94. The molecule has 0 radical (unpaired) electrons. The summed E-state index contributed by atoms with van der Waals surface area (Å²) in [7, 11) is 2.00. The number of nitrogens with zero attached hydrogens (tertiary/aromatic N) is 2. The highest BCUT2D eigenvalue weighted by molar-refractivity contribution is 5.95. The highest BCUT2D eigenvalue weighted by Crippen LogP contribution is 2.23. The largest absolute Gasteiger partial charge is 0.378 e. The summed E-state index contributed by atoms with van der Waals surface area (Å²) in [6.07, 6.45) is 0. The first kappa shape index (κ1) is 20.4. The number of benzene rings is 2. The van der Waals surface area contributed by atoms with E-state index in [2.05, 4.69) is 52.4 Å². The number of rotatable bonds is 6. The standard InChI is InChI=1S/C23H31N3O2/c1-17-9-10-21(18(2)15-17)24-23(27)19(3)25(4)16-20-7-5-6-8-22(20)26-11-13-28-14-12-26/h5-10,15,19H,11-14,16H2,1-4H3,(H,24,27)/t19-/m1/s1. The van der Waals surface area contributed by atoms with Gasteiger partial charge in [-0.05, 0) is 51.1 Å². The van der Waals surface area contributed by atoms with Crippen LogP contribution < -0.4 is 10.2 Å². The molecule has 28 heavy (non-hydrogen) atoms. The molecule has 1 heterocycles. The molecule has 1 N–H and O–H groups in total. The third-order valence-electron chi connectivity index (χ3n) is 5.44. The summed E-state index contributed by atoms with van der Waals surface area (Å²) < 4.78 is 5.48. The van der Waals surface area contributed by atoms with Crippen molar-refractivity contribution in [1.82, 2.24) is 4.90 Å². The molecule has 0 saturated carbocycles. The van der Waals surface area contributed by atoms with Crippen LogP contribution in [0.3, 0.4) is 0 Å². The van der Waals surface area contributed by atoms with Crippen molar-refractivity contribution in [2.24, 2.45) is 0 Å². The van der Waals surface area contributed by atoms with Crippen molar-refractivity contribution in [3.8, 4) is 0 Å². The molecule has 1 aliphatic heterocycles. The summed E-state index contributed by atoms with van der Waals surface area (Å²) in [6, 6.07) is 14.3. The predicted octanol–water partition coefficient (Wildman–Crippen LogP) is 3.60. The van der Waals surface area contributed by atoms with Gasteiger partial charge >= 0.3 is 0 Å². The zero-order valence-electron chi connectivity index (χ0n) is 17.4. The third-order valence-corrected chi connectivity index (χ3v) is 5.44. The molecule has 1 saturated heterocycles. The Morgan fingerprint density at radius 2 is 1.89 bits per heavy atom. The minimum absolute atomic E-state index is 0.0123. The zero-order chi connectivity index (χ0) is 20.1. The highest BCUT2D eigenvalue weighted by Gasteiger charge is 2.21. The molecular weight excluding hydrogens is 350 g/mol. The number of hydrogen-bond acceptors (Lipinski definition) is 4. The predicted molar refractivity (Wildman–Crippen MR) is 115 cm³/mol. The maximum absolute atomic E-state index is 12.8. The van der Waals surface area contributed by atoms with Crippen LogP contribution in [0, 0.1) is 13.8 Å². The SMILES string of the molecule is Cc1ccc(NC(=O)[C@@H](C)N(C)Cc2ccccc2N2CCOCC2)c(C)c1. The van der Waals surface area contributed by atoms with E-state index in [4.69, 9.17) is 4.74 Å². The van der Waals surface area contributed by atoms with Gasteiger partial charge in [0.1, 0.15) is 0 Å². The van der Waals surface area contributed by atoms with E-state index in [9.17, 15) is 4.79 Å². The lowest BCUT2D eigenvalue weighted by atomic mass is 10.1. The summed E-state index contributed by atoms with van der Waals surface area (Å²) in [4.78, 5) is 17.3. The van der Waals surface area contributed by atoms with Crippen molar-refractivity contribution in [3.05, 3.63) is 59.2 Å². The summed E-state index contributed by atoms with van der Waals surface area (Å²) in [5.74, 6) is 0.0123. The average Bonchev–Trinajstić information content (AvgIpc) is 2.70. The zero-order valence-corrected chi connectivity index (χ0v) is 17.4. The van der Waals surface area contributed by atoms with Crippen molar-refractivity contribution in [3.63, 3.8) is 0 Å². The number of carbonyl (C=O) groups excluding carboxylic acids is 1. The molecule has 150 valence electrons. The van der Waals surface area contributed by atoms with Gasteiger partial charge in [0.15, 0.2) is 0 Å². The molecule has 3 rings (SSSR count). The van der Waals surface area contributed by atoms with E-state index >= 15 is 0 Å². The molecule has 2 aromatic rings. The molecule has 0 aliphatic carbocycles. The van der Waals surface area contributed by atoms with Gasteiger partial charge in [-0.3, -0.25) is 9.69 Å². The van der Waals surface area contributed by atoms with Crippen molar-refractivity contribution in [1.29, 1.82) is 0 Å². The fraction of sp³-hybridized carbons (Fsp3) is 0.435. The Balaban J connectivity index is 1.67. The number of carbonyl (C=O) groups is 1. The fourth-order valence-corrected chi connectivity index (χ4v) is 3.55. The Labute approximate surface area is 168 Å². The number of nitrogens with one attached hydrogen (secondary N) is 1. The van der Waals surface area contributed by atoms with Gasteiger partial charge in [0, 0.05) is 31.0 Å². The van der Waals surface area contributed by atoms with E-state index in [0.29, 0.717) is 0 Å². The molecule has 1 aliphatic rings. The minimum Gasteiger partial charge on any atom is -0.378 e. The van der Waals surface area contributed by atoms with E-state index in [1.165, 1.54) is 16.8 Å². The van der Waals surface area contributed by atoms with E-state index in [-0.39, 0.29) is 11.9 Å². The van der Waals surface area contributed by atoms with Crippen LogP contribution in [-0.4, -0.2) is 50.2 Å². The van der Waals surface area contributed by atoms with Crippen molar-refractivity contribution in [2.75, 3.05) is 43.6 Å². The van der Waals surface area contributed by atoms with Gasteiger partial charge in [-0.15, -0.1) is 0 Å². The third kappa shape index (κ3) is 4.91. The van der Waals surface area contributed by atoms with Crippen LogP contribution in [0.15, 0.2) is 42.5 Å². The number of likely N-dealkylation sites (N-methyl/N-ethyl adjacent to an activating group) is 1. The van der Waals surface area contributed by atoms with E-state index in [1.54, 1.807) is 0 Å². The second-order valence-electron chi connectivity index (χ2n) is 7.63. The van der Waals surface area contributed by atoms with Gasteiger partial charge in [0.2, 0.25) is 5.91 Å². The van der Waals surface area contributed by atoms with E-state index < -0.39 is 0 Å². The van der Waals surface area contributed by atoms with Gasteiger partial charge in [-0.25, -0.2) is 0 Å². The van der Waals surface area contributed by atoms with Gasteiger partial charge in [-0.2, -0.15) is 0 Å². The number of aryl methyl sites for hydroxylation is 2. The van der Waals surface area contributed by atoms with Gasteiger partial charge in [0.25, 0.3) is 0 Å². The quantitative estimate of drug-likeness (QED) is 0.830. The van der Waals surface area contributed by atoms with Crippen LogP contribution in [0.2, 0.25) is 0 Å². The summed E-state index contributed by atoms with van der Waals surface area (Å²) in [5, 5.41) is 3.07. The topological polar surface area (TPSA) is 44.8 Å². The Kier molecular flexibility index (Phi) is 6.70. The molecule has 1 atom stereocenters. The molecule has 5 heteroatoms. The van der Waals surface area contributed by atoms with Crippen molar-refractivity contribution in [2.45, 2.75) is 33.4 Å². The van der Waals surface area contributed by atoms with Crippen LogP contribution in [-0.2, 0) is 16.1 Å². The number of ether oxygens (including phenoxy) is 1. The summed E-state index contributed by atoms with van der Waals surface area (Å²) in [6.45, 7) is 10.1. The number of amides is 1. The second-order valence-corrected chi connectivity index (χ2v) is 7.63. The Morgan fingerprint density at radius 3 is 2.61 bits per heavy atom. The first-order valence-electron chi connectivity index (χ1n) is 9.94. The van der Waals surface area contributed by atoms with Crippen molar-refractivity contribution >= 4 is 17.3 Å². The lowest BCUT2D eigenvalue weighted by Crippen LogP contribution is -2.40. The highest BCUT2D eigenvalue weighted by atomic mass is 16.5. The molecule has 0 bridgehead atoms.